The van der Waals surface area contributed by atoms with Crippen LogP contribution in [0.1, 0.15) is 36.5 Å². The molecule has 3 aromatic rings. The zero-order valence-corrected chi connectivity index (χ0v) is 18.4. The van der Waals surface area contributed by atoms with Crippen molar-refractivity contribution in [2.24, 2.45) is 5.73 Å². The molecular weight excluding hydrogens is 388 g/mol. The maximum atomic E-state index is 6.55. The van der Waals surface area contributed by atoms with Gasteiger partial charge < -0.3 is 20.5 Å². The van der Waals surface area contributed by atoms with Crippen LogP contribution in [0.2, 0.25) is 0 Å². The Hall–Kier alpha value is -2.54. The number of nitrogens with two attached hydrogens (primary N) is 1. The van der Waals surface area contributed by atoms with Gasteiger partial charge in [-0.15, -0.1) is 0 Å². The molecule has 0 radical (unpaired) electrons. The van der Waals surface area contributed by atoms with Gasteiger partial charge >= 0.3 is 0 Å². The van der Waals surface area contributed by atoms with E-state index in [0.29, 0.717) is 24.9 Å². The smallest absolute Gasteiger partial charge is 0.213 e. The number of hydrogen-bond donors (Lipinski definition) is 2. The summed E-state index contributed by atoms with van der Waals surface area (Å²) in [6.45, 7) is 3.73. The molecule has 3 atom stereocenters. The molecule has 3 N–H and O–H groups in total. The van der Waals surface area contributed by atoms with Crippen molar-refractivity contribution in [3.63, 3.8) is 0 Å². The zero-order valence-electron chi connectivity index (χ0n) is 18.4. The molecule has 6 heteroatoms. The Bertz CT molecular complexity index is 984. The molecule has 2 aromatic heterocycles. The summed E-state index contributed by atoms with van der Waals surface area (Å²) in [5.41, 5.74) is 12.0. The summed E-state index contributed by atoms with van der Waals surface area (Å²) >= 11 is 0. The maximum absolute atomic E-state index is 6.55. The molecule has 4 rings (SSSR count). The van der Waals surface area contributed by atoms with Crippen LogP contribution in [-0.2, 0) is 24.1 Å². The average molecular weight is 421 g/mol. The van der Waals surface area contributed by atoms with Gasteiger partial charge in [-0.2, -0.15) is 0 Å². The van der Waals surface area contributed by atoms with Crippen LogP contribution in [0.4, 0.5) is 0 Å². The molecule has 6 nitrogen and oxygen atoms in total. The largest absolute Gasteiger partial charge is 0.481 e. The van der Waals surface area contributed by atoms with E-state index < -0.39 is 0 Å². The summed E-state index contributed by atoms with van der Waals surface area (Å²) < 4.78 is 11.4. The van der Waals surface area contributed by atoms with Crippen molar-refractivity contribution in [2.45, 2.75) is 57.3 Å². The summed E-state index contributed by atoms with van der Waals surface area (Å²) in [5, 5.41) is 3.62. The van der Waals surface area contributed by atoms with Crippen molar-refractivity contribution < 1.29 is 9.47 Å². The summed E-state index contributed by atoms with van der Waals surface area (Å²) in [6, 6.07) is 14.8. The molecule has 1 aromatic carbocycles. The third kappa shape index (κ3) is 5.39. The van der Waals surface area contributed by atoms with Crippen molar-refractivity contribution in [2.75, 3.05) is 13.7 Å². The molecule has 0 saturated carbocycles. The van der Waals surface area contributed by atoms with Gasteiger partial charge in [0.2, 0.25) is 5.88 Å². The Labute approximate surface area is 184 Å². The third-order valence-electron chi connectivity index (χ3n) is 6.12. The van der Waals surface area contributed by atoms with Crippen molar-refractivity contribution in [3.05, 3.63) is 65.4 Å². The van der Waals surface area contributed by atoms with E-state index in [-0.39, 0.29) is 12.1 Å². The van der Waals surface area contributed by atoms with E-state index in [1.165, 1.54) is 11.1 Å². The van der Waals surface area contributed by atoms with Crippen LogP contribution in [0.3, 0.4) is 0 Å². The number of benzene rings is 1. The second-order valence-electron chi connectivity index (χ2n) is 8.26. The molecule has 3 heterocycles. The lowest BCUT2D eigenvalue weighted by atomic mass is 9.95. The molecule has 1 fully saturated rings. The predicted molar refractivity (Wildman–Crippen MR) is 123 cm³/mol. The second kappa shape index (κ2) is 10.2. The molecule has 0 amide bonds. The maximum Gasteiger partial charge on any atom is 0.213 e. The van der Waals surface area contributed by atoms with Crippen LogP contribution < -0.4 is 15.8 Å². The third-order valence-corrected chi connectivity index (χ3v) is 6.12. The predicted octanol–water partition coefficient (Wildman–Crippen LogP) is 3.41. The first kappa shape index (κ1) is 21.7. The number of fused-ring (bicyclic) bond motifs is 1. The fourth-order valence-electron chi connectivity index (χ4n) is 4.15. The van der Waals surface area contributed by atoms with Crippen LogP contribution in [-0.4, -0.2) is 41.9 Å². The highest BCUT2D eigenvalue weighted by atomic mass is 16.5. The van der Waals surface area contributed by atoms with E-state index >= 15 is 0 Å². The van der Waals surface area contributed by atoms with Gasteiger partial charge in [-0.3, -0.25) is 4.98 Å². The Morgan fingerprint density at radius 1 is 1.13 bits per heavy atom. The molecule has 2 unspecified atom stereocenters. The Morgan fingerprint density at radius 3 is 2.65 bits per heavy atom. The van der Waals surface area contributed by atoms with E-state index in [2.05, 4.69) is 46.5 Å². The lowest BCUT2D eigenvalue weighted by Gasteiger charge is -2.33. The summed E-state index contributed by atoms with van der Waals surface area (Å²) in [7, 11) is 1.62. The van der Waals surface area contributed by atoms with Gasteiger partial charge in [-0.25, -0.2) is 4.98 Å². The van der Waals surface area contributed by atoms with Crippen LogP contribution in [0.25, 0.3) is 11.0 Å². The number of nitrogens with one attached hydrogen (secondary N) is 1. The first-order valence-corrected chi connectivity index (χ1v) is 11.1. The van der Waals surface area contributed by atoms with Gasteiger partial charge in [0.1, 0.15) is 0 Å². The van der Waals surface area contributed by atoms with Crippen LogP contribution in [0, 0.1) is 0 Å². The number of methoxy groups -OCH3 is 1. The van der Waals surface area contributed by atoms with Crippen LogP contribution in [0.5, 0.6) is 5.88 Å². The molecule has 31 heavy (non-hydrogen) atoms. The normalized spacial score (nSPS) is 20.0. The molecule has 0 bridgehead atoms. The average Bonchev–Trinajstić information content (AvgIpc) is 2.83. The van der Waals surface area contributed by atoms with Gasteiger partial charge in [0.25, 0.3) is 0 Å². The minimum atomic E-state index is -0.0823. The van der Waals surface area contributed by atoms with Gasteiger partial charge in [-0.05, 0) is 54.5 Å². The minimum absolute atomic E-state index is 0.0516. The quantitative estimate of drug-likeness (QED) is 0.581. The summed E-state index contributed by atoms with van der Waals surface area (Å²) in [6.07, 6.45) is 5.65. The van der Waals surface area contributed by atoms with Crippen LogP contribution >= 0.6 is 0 Å². The van der Waals surface area contributed by atoms with Crippen molar-refractivity contribution in [1.82, 2.24) is 15.3 Å². The summed E-state index contributed by atoms with van der Waals surface area (Å²) in [4.78, 5) is 8.98. The fraction of sp³-hybridized carbons (Fsp3) is 0.440. The number of pyridine rings is 2. The van der Waals surface area contributed by atoms with Crippen molar-refractivity contribution >= 4 is 11.0 Å². The van der Waals surface area contributed by atoms with E-state index in [9.17, 15) is 0 Å². The first-order chi connectivity index (χ1) is 15.2. The number of nitrogens with zero attached hydrogens (tertiary/aromatic N) is 2. The molecule has 0 spiro atoms. The number of ether oxygens (including phenoxy) is 2. The number of aromatic nitrogens is 2. The molecular formula is C25H32N4O2. The van der Waals surface area contributed by atoms with Gasteiger partial charge in [0, 0.05) is 30.9 Å². The van der Waals surface area contributed by atoms with E-state index in [1.807, 2.05) is 24.4 Å². The number of hydrogen-bond acceptors (Lipinski definition) is 6. The Morgan fingerprint density at radius 2 is 1.94 bits per heavy atom. The monoisotopic (exact) mass is 420 g/mol. The molecule has 0 aliphatic carbocycles. The lowest BCUT2D eigenvalue weighted by Crippen LogP contribution is -2.46. The van der Waals surface area contributed by atoms with E-state index in [4.69, 9.17) is 15.2 Å². The summed E-state index contributed by atoms with van der Waals surface area (Å²) in [5.74, 6) is 0.586. The lowest BCUT2D eigenvalue weighted by molar-refractivity contribution is -0.0166. The van der Waals surface area contributed by atoms with Gasteiger partial charge in [0.15, 0.2) is 0 Å². The zero-order chi connectivity index (χ0) is 21.6. The number of rotatable bonds is 8. The first-order valence-electron chi connectivity index (χ1n) is 11.1. The van der Waals surface area contributed by atoms with Crippen molar-refractivity contribution in [3.8, 4) is 5.88 Å². The number of aryl methyl sites for hydroxylation is 1. The topological polar surface area (TPSA) is 82.3 Å². The Kier molecular flexibility index (Phi) is 7.12. The SMILES string of the molecule is CCc1ccc(CNC2CCC([C@@H](N)Cc3ccnc4ccc(OC)nc34)OC2)cc1. The molecule has 1 aliphatic rings. The Balaban J connectivity index is 1.30. The molecule has 164 valence electrons. The fourth-order valence-corrected chi connectivity index (χ4v) is 4.15. The second-order valence-corrected chi connectivity index (χ2v) is 8.26. The van der Waals surface area contributed by atoms with E-state index in [1.54, 1.807) is 7.11 Å². The standard InChI is InChI=1S/C25H32N4O2/c1-3-17-4-6-18(7-5-17)15-28-20-8-10-23(31-16-20)21(26)14-19-12-13-27-22-9-11-24(30-2)29-25(19)22/h4-7,9,11-13,20-21,23,28H,3,8,10,14-16,26H2,1-2H3/t20?,21-,23?/m0/s1. The molecule has 1 saturated heterocycles. The van der Waals surface area contributed by atoms with E-state index in [0.717, 1.165) is 42.4 Å². The van der Waals surface area contributed by atoms with Crippen molar-refractivity contribution in [1.29, 1.82) is 0 Å². The minimum Gasteiger partial charge on any atom is -0.481 e. The highest BCUT2D eigenvalue weighted by Crippen LogP contribution is 2.23. The highest BCUT2D eigenvalue weighted by molar-refractivity contribution is 5.78. The highest BCUT2D eigenvalue weighted by Gasteiger charge is 2.27. The van der Waals surface area contributed by atoms with Gasteiger partial charge in [-0.1, -0.05) is 31.2 Å². The molecule has 1 aliphatic heterocycles. The van der Waals surface area contributed by atoms with Gasteiger partial charge in [0.05, 0.1) is 30.9 Å². The van der Waals surface area contributed by atoms with Crippen LogP contribution in [0.15, 0.2) is 48.7 Å².